The molecule has 1 aromatic rings. The maximum atomic E-state index is 9.94. The number of hydrogen-bond acceptors (Lipinski definition) is 3. The maximum Gasteiger partial charge on any atom is 0.0760 e. The Morgan fingerprint density at radius 1 is 1.16 bits per heavy atom. The van der Waals surface area contributed by atoms with Crippen LogP contribution < -0.4 is 5.32 Å². The van der Waals surface area contributed by atoms with Crippen molar-refractivity contribution in [2.75, 3.05) is 24.7 Å². The summed E-state index contributed by atoms with van der Waals surface area (Å²) >= 11 is 1.93. The summed E-state index contributed by atoms with van der Waals surface area (Å²) in [5.41, 5.74) is 0.894. The molecule has 0 aliphatic carbocycles. The van der Waals surface area contributed by atoms with Gasteiger partial charge in [-0.2, -0.15) is 11.8 Å². The summed E-state index contributed by atoms with van der Waals surface area (Å²) in [6.45, 7) is 5.46. The van der Waals surface area contributed by atoms with Gasteiger partial charge < -0.3 is 10.4 Å². The van der Waals surface area contributed by atoms with E-state index in [4.69, 9.17) is 0 Å². The zero-order valence-corrected chi connectivity index (χ0v) is 13.0. The van der Waals surface area contributed by atoms with Crippen molar-refractivity contribution in [2.45, 2.75) is 38.6 Å². The van der Waals surface area contributed by atoms with Gasteiger partial charge in [0.2, 0.25) is 0 Å². The minimum Gasteiger partial charge on any atom is -0.394 e. The van der Waals surface area contributed by atoms with Crippen molar-refractivity contribution >= 4 is 11.8 Å². The van der Waals surface area contributed by atoms with Gasteiger partial charge in [-0.25, -0.2) is 0 Å². The summed E-state index contributed by atoms with van der Waals surface area (Å²) in [6.07, 6.45) is 3.55. The van der Waals surface area contributed by atoms with E-state index in [0.717, 1.165) is 18.7 Å². The normalized spacial score (nSPS) is 14.3. The summed E-state index contributed by atoms with van der Waals surface area (Å²) in [5, 5.41) is 13.5. The fourth-order valence-electron chi connectivity index (χ4n) is 2.04. The van der Waals surface area contributed by atoms with Crippen LogP contribution in [0.5, 0.6) is 0 Å². The number of unbranched alkanes of at least 4 members (excludes halogenated alkanes) is 1. The van der Waals surface area contributed by atoms with E-state index in [1.54, 1.807) is 0 Å². The fraction of sp³-hybridized carbons (Fsp3) is 0.625. The molecule has 0 fully saturated rings. The standard InChI is InChI=1S/C16H27NOS/c1-3-5-12-19-14-16(13-18,17-11-4-2)15-9-7-6-8-10-15/h6-10,17-18H,3-5,11-14H2,1-2H3. The van der Waals surface area contributed by atoms with Crippen LogP contribution in [-0.2, 0) is 5.54 Å². The molecule has 0 aliphatic rings. The minimum absolute atomic E-state index is 0.149. The van der Waals surface area contributed by atoms with Crippen molar-refractivity contribution in [3.63, 3.8) is 0 Å². The summed E-state index contributed by atoms with van der Waals surface area (Å²) in [4.78, 5) is 0. The van der Waals surface area contributed by atoms with Gasteiger partial charge >= 0.3 is 0 Å². The van der Waals surface area contributed by atoms with Gasteiger partial charge in [0.1, 0.15) is 0 Å². The van der Waals surface area contributed by atoms with E-state index in [2.05, 4.69) is 31.3 Å². The van der Waals surface area contributed by atoms with Gasteiger partial charge in [0, 0.05) is 5.75 Å². The number of nitrogens with one attached hydrogen (secondary N) is 1. The summed E-state index contributed by atoms with van der Waals surface area (Å²) < 4.78 is 0. The van der Waals surface area contributed by atoms with Gasteiger partial charge in [-0.3, -0.25) is 0 Å². The SMILES string of the molecule is CCCCSCC(CO)(NCCC)c1ccccc1. The van der Waals surface area contributed by atoms with E-state index in [-0.39, 0.29) is 12.1 Å². The van der Waals surface area contributed by atoms with Gasteiger partial charge in [-0.05, 0) is 30.7 Å². The number of aliphatic hydroxyl groups excluding tert-OH is 1. The van der Waals surface area contributed by atoms with Gasteiger partial charge in [0.05, 0.1) is 12.1 Å². The Bertz CT molecular complexity index is 331. The van der Waals surface area contributed by atoms with E-state index in [1.165, 1.54) is 24.2 Å². The third-order valence-electron chi connectivity index (χ3n) is 3.30. The highest BCUT2D eigenvalue weighted by Gasteiger charge is 2.30. The Balaban J connectivity index is 2.75. The third kappa shape index (κ3) is 5.17. The highest BCUT2D eigenvalue weighted by molar-refractivity contribution is 7.99. The van der Waals surface area contributed by atoms with Crippen LogP contribution in [-0.4, -0.2) is 29.8 Å². The van der Waals surface area contributed by atoms with Crippen LogP contribution in [0, 0.1) is 0 Å². The van der Waals surface area contributed by atoms with Crippen LogP contribution in [0.3, 0.4) is 0 Å². The second-order valence-corrected chi connectivity index (χ2v) is 6.04. The summed E-state index contributed by atoms with van der Waals surface area (Å²) in [7, 11) is 0. The monoisotopic (exact) mass is 281 g/mol. The first-order valence-corrected chi connectivity index (χ1v) is 8.43. The van der Waals surface area contributed by atoms with Gasteiger partial charge in [0.25, 0.3) is 0 Å². The quantitative estimate of drug-likeness (QED) is 0.645. The van der Waals surface area contributed by atoms with Crippen LogP contribution in [0.25, 0.3) is 0 Å². The average Bonchev–Trinajstić information content (AvgIpc) is 2.48. The molecule has 0 heterocycles. The van der Waals surface area contributed by atoms with Gasteiger partial charge in [0.15, 0.2) is 0 Å². The molecule has 0 radical (unpaired) electrons. The lowest BCUT2D eigenvalue weighted by atomic mass is 9.92. The lowest BCUT2D eigenvalue weighted by molar-refractivity contribution is 0.179. The lowest BCUT2D eigenvalue weighted by Gasteiger charge is -2.33. The van der Waals surface area contributed by atoms with Crippen molar-refractivity contribution in [1.82, 2.24) is 5.32 Å². The number of thioether (sulfide) groups is 1. The molecule has 0 saturated carbocycles. The minimum atomic E-state index is -0.296. The molecule has 3 heteroatoms. The molecule has 0 bridgehead atoms. The van der Waals surface area contributed by atoms with Gasteiger partial charge in [-0.15, -0.1) is 0 Å². The molecule has 0 aliphatic heterocycles. The van der Waals surface area contributed by atoms with Crippen molar-refractivity contribution in [2.24, 2.45) is 0 Å². The van der Waals surface area contributed by atoms with Crippen LogP contribution in [0.1, 0.15) is 38.7 Å². The first kappa shape index (κ1) is 16.5. The molecule has 0 saturated heterocycles. The summed E-state index contributed by atoms with van der Waals surface area (Å²) in [6, 6.07) is 10.3. The molecule has 1 atom stereocenters. The van der Waals surface area contributed by atoms with Crippen LogP contribution >= 0.6 is 11.8 Å². The van der Waals surface area contributed by atoms with Crippen LogP contribution in [0.15, 0.2) is 30.3 Å². The molecule has 2 N–H and O–H groups in total. The number of aliphatic hydroxyl groups is 1. The fourth-order valence-corrected chi connectivity index (χ4v) is 3.39. The van der Waals surface area contributed by atoms with Crippen molar-refractivity contribution in [3.8, 4) is 0 Å². The molecule has 0 spiro atoms. The van der Waals surface area contributed by atoms with E-state index in [9.17, 15) is 5.11 Å². The molecule has 108 valence electrons. The Kier molecular flexibility index (Phi) is 8.19. The van der Waals surface area contributed by atoms with Crippen molar-refractivity contribution in [1.29, 1.82) is 0 Å². The molecular formula is C16H27NOS. The molecule has 1 aromatic carbocycles. The zero-order chi connectivity index (χ0) is 14.0. The predicted molar refractivity (Wildman–Crippen MR) is 85.7 cm³/mol. The molecule has 2 nitrogen and oxygen atoms in total. The largest absolute Gasteiger partial charge is 0.394 e. The van der Waals surface area contributed by atoms with Gasteiger partial charge in [-0.1, -0.05) is 50.6 Å². The van der Waals surface area contributed by atoms with Crippen LogP contribution in [0.2, 0.25) is 0 Å². The Morgan fingerprint density at radius 2 is 1.89 bits per heavy atom. The van der Waals surface area contributed by atoms with E-state index >= 15 is 0 Å². The first-order chi connectivity index (χ1) is 9.29. The zero-order valence-electron chi connectivity index (χ0n) is 12.2. The average molecular weight is 281 g/mol. The molecular weight excluding hydrogens is 254 g/mol. The number of benzene rings is 1. The topological polar surface area (TPSA) is 32.3 Å². The second kappa shape index (κ2) is 9.40. The van der Waals surface area contributed by atoms with E-state index < -0.39 is 0 Å². The first-order valence-electron chi connectivity index (χ1n) is 7.28. The number of hydrogen-bond donors (Lipinski definition) is 2. The Hall–Kier alpha value is -0.510. The predicted octanol–water partition coefficient (Wildman–Crippen LogP) is 3.41. The van der Waals surface area contributed by atoms with E-state index in [0.29, 0.717) is 0 Å². The molecule has 0 amide bonds. The second-order valence-electron chi connectivity index (χ2n) is 4.94. The van der Waals surface area contributed by atoms with E-state index in [1.807, 2.05) is 30.0 Å². The summed E-state index contributed by atoms with van der Waals surface area (Å²) in [5.74, 6) is 2.09. The lowest BCUT2D eigenvalue weighted by Crippen LogP contribution is -2.48. The van der Waals surface area contributed by atoms with Crippen molar-refractivity contribution in [3.05, 3.63) is 35.9 Å². The molecule has 1 unspecified atom stereocenters. The molecule has 1 rings (SSSR count). The number of rotatable bonds is 10. The Labute approximate surface area is 122 Å². The highest BCUT2D eigenvalue weighted by atomic mass is 32.2. The smallest absolute Gasteiger partial charge is 0.0760 e. The molecule has 0 aromatic heterocycles. The van der Waals surface area contributed by atoms with Crippen LogP contribution in [0.4, 0.5) is 0 Å². The Morgan fingerprint density at radius 3 is 2.47 bits per heavy atom. The molecule has 19 heavy (non-hydrogen) atoms. The van der Waals surface area contributed by atoms with Crippen molar-refractivity contribution < 1.29 is 5.11 Å². The highest BCUT2D eigenvalue weighted by Crippen LogP contribution is 2.26. The third-order valence-corrected chi connectivity index (χ3v) is 4.57. The maximum absolute atomic E-state index is 9.94.